The summed E-state index contributed by atoms with van der Waals surface area (Å²) in [6, 6.07) is 0. The van der Waals surface area contributed by atoms with Crippen molar-refractivity contribution in [3.8, 4) is 0 Å². The van der Waals surface area contributed by atoms with Crippen LogP contribution in [0.15, 0.2) is 0 Å². The summed E-state index contributed by atoms with van der Waals surface area (Å²) < 4.78 is 6.31. The number of hydrogen-bond donors (Lipinski definition) is 1. The SMILES string of the molecule is CCC1CCCC(OC(CC)CNC(C)(C)C)C1. The van der Waals surface area contributed by atoms with Crippen LogP contribution in [0.2, 0.25) is 0 Å². The molecule has 3 unspecified atom stereocenters. The summed E-state index contributed by atoms with van der Waals surface area (Å²) >= 11 is 0. The van der Waals surface area contributed by atoms with Gasteiger partial charge in [-0.3, -0.25) is 0 Å². The Bertz CT molecular complexity index is 222. The molecule has 1 saturated carbocycles. The van der Waals surface area contributed by atoms with Crippen LogP contribution in [-0.4, -0.2) is 24.3 Å². The third-order valence-electron chi connectivity index (χ3n) is 4.01. The highest BCUT2D eigenvalue weighted by atomic mass is 16.5. The Morgan fingerprint density at radius 3 is 2.50 bits per heavy atom. The van der Waals surface area contributed by atoms with E-state index >= 15 is 0 Å². The Labute approximate surface area is 114 Å². The zero-order valence-corrected chi connectivity index (χ0v) is 13.1. The Morgan fingerprint density at radius 1 is 1.22 bits per heavy atom. The molecule has 1 aliphatic rings. The molecule has 0 spiro atoms. The van der Waals surface area contributed by atoms with Gasteiger partial charge in [0.1, 0.15) is 0 Å². The normalized spacial score (nSPS) is 27.2. The predicted molar refractivity (Wildman–Crippen MR) is 79.0 cm³/mol. The summed E-state index contributed by atoms with van der Waals surface area (Å²) in [4.78, 5) is 0. The van der Waals surface area contributed by atoms with Crippen molar-refractivity contribution in [3.05, 3.63) is 0 Å². The van der Waals surface area contributed by atoms with E-state index in [4.69, 9.17) is 4.74 Å². The molecule has 0 radical (unpaired) electrons. The zero-order valence-electron chi connectivity index (χ0n) is 13.1. The van der Waals surface area contributed by atoms with Gasteiger partial charge in [-0.1, -0.05) is 33.1 Å². The van der Waals surface area contributed by atoms with Crippen LogP contribution in [0.4, 0.5) is 0 Å². The van der Waals surface area contributed by atoms with Crippen LogP contribution < -0.4 is 5.32 Å². The molecule has 1 fully saturated rings. The fraction of sp³-hybridized carbons (Fsp3) is 1.00. The molecule has 0 aliphatic heterocycles. The highest BCUT2D eigenvalue weighted by molar-refractivity contribution is 4.77. The van der Waals surface area contributed by atoms with Gasteiger partial charge in [-0.05, 0) is 46.0 Å². The molecular weight excluding hydrogens is 222 g/mol. The van der Waals surface area contributed by atoms with E-state index in [1.54, 1.807) is 0 Å². The monoisotopic (exact) mass is 255 g/mol. The van der Waals surface area contributed by atoms with Gasteiger partial charge in [-0.15, -0.1) is 0 Å². The second-order valence-corrected chi connectivity index (χ2v) is 6.86. The van der Waals surface area contributed by atoms with Gasteiger partial charge >= 0.3 is 0 Å². The third kappa shape index (κ3) is 6.19. The molecular formula is C16H33NO. The van der Waals surface area contributed by atoms with E-state index in [0.717, 1.165) is 18.9 Å². The molecule has 108 valence electrons. The quantitative estimate of drug-likeness (QED) is 0.770. The highest BCUT2D eigenvalue weighted by Gasteiger charge is 2.24. The maximum absolute atomic E-state index is 6.31. The first kappa shape index (κ1) is 16.0. The van der Waals surface area contributed by atoms with Gasteiger partial charge in [0.05, 0.1) is 12.2 Å². The van der Waals surface area contributed by atoms with E-state index in [1.807, 2.05) is 0 Å². The Balaban J connectivity index is 2.33. The first-order chi connectivity index (χ1) is 8.44. The van der Waals surface area contributed by atoms with E-state index in [-0.39, 0.29) is 5.54 Å². The van der Waals surface area contributed by atoms with Crippen molar-refractivity contribution >= 4 is 0 Å². The lowest BCUT2D eigenvalue weighted by Crippen LogP contribution is -2.42. The van der Waals surface area contributed by atoms with Crippen molar-refractivity contribution in [2.24, 2.45) is 5.92 Å². The molecule has 1 rings (SSSR count). The van der Waals surface area contributed by atoms with Crippen molar-refractivity contribution in [3.63, 3.8) is 0 Å². The molecule has 0 saturated heterocycles. The van der Waals surface area contributed by atoms with Crippen LogP contribution in [0, 0.1) is 5.92 Å². The van der Waals surface area contributed by atoms with E-state index in [0.29, 0.717) is 12.2 Å². The van der Waals surface area contributed by atoms with Crippen molar-refractivity contribution < 1.29 is 4.74 Å². The molecule has 2 nitrogen and oxygen atoms in total. The van der Waals surface area contributed by atoms with Gasteiger partial charge in [0.15, 0.2) is 0 Å². The smallest absolute Gasteiger partial charge is 0.0700 e. The summed E-state index contributed by atoms with van der Waals surface area (Å²) in [6.07, 6.45) is 8.62. The van der Waals surface area contributed by atoms with Crippen LogP contribution in [0.25, 0.3) is 0 Å². The second-order valence-electron chi connectivity index (χ2n) is 6.86. The zero-order chi connectivity index (χ0) is 13.6. The second kappa shape index (κ2) is 7.49. The maximum Gasteiger partial charge on any atom is 0.0700 e. The molecule has 0 aromatic heterocycles. The average Bonchev–Trinajstić information content (AvgIpc) is 2.33. The van der Waals surface area contributed by atoms with Gasteiger partial charge in [0.2, 0.25) is 0 Å². The van der Waals surface area contributed by atoms with Crippen LogP contribution in [0.5, 0.6) is 0 Å². The highest BCUT2D eigenvalue weighted by Crippen LogP contribution is 2.29. The van der Waals surface area contributed by atoms with Gasteiger partial charge in [-0.25, -0.2) is 0 Å². The number of hydrogen-bond acceptors (Lipinski definition) is 2. The minimum Gasteiger partial charge on any atom is -0.374 e. The van der Waals surface area contributed by atoms with E-state index < -0.39 is 0 Å². The van der Waals surface area contributed by atoms with E-state index in [2.05, 4.69) is 39.9 Å². The summed E-state index contributed by atoms with van der Waals surface area (Å²) in [5.41, 5.74) is 0.190. The van der Waals surface area contributed by atoms with Crippen molar-refractivity contribution in [2.75, 3.05) is 6.54 Å². The van der Waals surface area contributed by atoms with Crippen LogP contribution in [0.3, 0.4) is 0 Å². The van der Waals surface area contributed by atoms with Crippen LogP contribution in [-0.2, 0) is 4.74 Å². The Hall–Kier alpha value is -0.0800. The molecule has 1 N–H and O–H groups in total. The summed E-state index contributed by atoms with van der Waals surface area (Å²) in [5, 5.41) is 3.56. The van der Waals surface area contributed by atoms with Crippen molar-refractivity contribution in [1.29, 1.82) is 0 Å². The van der Waals surface area contributed by atoms with E-state index in [9.17, 15) is 0 Å². The standard InChI is InChI=1S/C16H33NO/c1-6-13-9-8-10-15(11-13)18-14(7-2)12-17-16(3,4)5/h13-15,17H,6-12H2,1-5H3. The van der Waals surface area contributed by atoms with Gasteiger partial charge in [0.25, 0.3) is 0 Å². The lowest BCUT2D eigenvalue weighted by molar-refractivity contribution is -0.0428. The van der Waals surface area contributed by atoms with Gasteiger partial charge in [-0.2, -0.15) is 0 Å². The molecule has 2 heteroatoms. The predicted octanol–water partition coefficient (Wildman–Crippen LogP) is 4.14. The molecule has 18 heavy (non-hydrogen) atoms. The Kier molecular flexibility index (Phi) is 6.65. The summed E-state index contributed by atoms with van der Waals surface area (Å²) in [5.74, 6) is 0.900. The van der Waals surface area contributed by atoms with Crippen molar-refractivity contribution in [1.82, 2.24) is 5.32 Å². The minimum atomic E-state index is 0.190. The summed E-state index contributed by atoms with van der Waals surface area (Å²) in [7, 11) is 0. The summed E-state index contributed by atoms with van der Waals surface area (Å²) in [6.45, 7) is 12.2. The first-order valence-corrected chi connectivity index (χ1v) is 7.85. The van der Waals surface area contributed by atoms with Gasteiger partial charge in [0, 0.05) is 12.1 Å². The largest absolute Gasteiger partial charge is 0.374 e. The molecule has 0 bridgehead atoms. The minimum absolute atomic E-state index is 0.190. The van der Waals surface area contributed by atoms with E-state index in [1.165, 1.54) is 32.1 Å². The van der Waals surface area contributed by atoms with Crippen LogP contribution >= 0.6 is 0 Å². The molecule has 0 aromatic carbocycles. The Morgan fingerprint density at radius 2 is 1.94 bits per heavy atom. The number of ether oxygens (including phenoxy) is 1. The average molecular weight is 255 g/mol. The molecule has 1 aliphatic carbocycles. The van der Waals surface area contributed by atoms with Gasteiger partial charge < -0.3 is 10.1 Å². The molecule has 0 amide bonds. The lowest BCUT2D eigenvalue weighted by atomic mass is 9.85. The fourth-order valence-electron chi connectivity index (χ4n) is 2.72. The first-order valence-electron chi connectivity index (χ1n) is 7.85. The van der Waals surface area contributed by atoms with Crippen LogP contribution in [0.1, 0.15) is 73.1 Å². The lowest BCUT2D eigenvalue weighted by Gasteiger charge is -2.32. The molecule has 3 atom stereocenters. The maximum atomic E-state index is 6.31. The number of rotatable bonds is 6. The third-order valence-corrected chi connectivity index (χ3v) is 4.01. The molecule has 0 heterocycles. The molecule has 0 aromatic rings. The van der Waals surface area contributed by atoms with Crippen molar-refractivity contribution in [2.45, 2.75) is 90.9 Å². The fourth-order valence-corrected chi connectivity index (χ4v) is 2.72. The number of nitrogens with one attached hydrogen (secondary N) is 1. The topological polar surface area (TPSA) is 21.3 Å².